The van der Waals surface area contributed by atoms with E-state index in [0.717, 1.165) is 18.6 Å². The zero-order valence-electron chi connectivity index (χ0n) is 15.3. The minimum Gasteiger partial charge on any atom is -0.369 e. The molecule has 0 bridgehead atoms. The molecule has 1 aromatic rings. The number of benzene rings is 1. The largest absolute Gasteiger partial charge is 0.416 e. The molecule has 0 radical (unpaired) electrons. The summed E-state index contributed by atoms with van der Waals surface area (Å²) in [5.74, 6) is -0.464. The molecule has 1 saturated heterocycles. The summed E-state index contributed by atoms with van der Waals surface area (Å²) < 4.78 is 38.5. The second kappa shape index (κ2) is 9.59. The third-order valence-corrected chi connectivity index (χ3v) is 4.30. The first kappa shape index (κ1) is 21.0. The minimum atomic E-state index is -4.36. The lowest BCUT2D eigenvalue weighted by atomic mass is 10.1. The molecular formula is C18H25F3N4O2. The van der Waals surface area contributed by atoms with Crippen molar-refractivity contribution in [1.29, 1.82) is 0 Å². The van der Waals surface area contributed by atoms with Gasteiger partial charge in [-0.3, -0.25) is 14.5 Å². The summed E-state index contributed by atoms with van der Waals surface area (Å²) in [4.78, 5) is 27.2. The first-order valence-electron chi connectivity index (χ1n) is 8.97. The molecule has 2 amide bonds. The van der Waals surface area contributed by atoms with Crippen LogP contribution in [0.15, 0.2) is 24.3 Å². The van der Waals surface area contributed by atoms with Gasteiger partial charge in [0.2, 0.25) is 11.8 Å². The molecule has 0 atom stereocenters. The Morgan fingerprint density at radius 1 is 1.07 bits per heavy atom. The van der Waals surface area contributed by atoms with E-state index in [-0.39, 0.29) is 24.9 Å². The summed E-state index contributed by atoms with van der Waals surface area (Å²) in [6.07, 6.45) is -3.53. The Morgan fingerprint density at radius 2 is 1.78 bits per heavy atom. The quantitative estimate of drug-likeness (QED) is 0.745. The van der Waals surface area contributed by atoms with Crippen LogP contribution in [-0.2, 0) is 15.8 Å². The van der Waals surface area contributed by atoms with Crippen LogP contribution < -0.4 is 15.5 Å². The van der Waals surface area contributed by atoms with E-state index in [1.54, 1.807) is 6.07 Å². The number of alkyl halides is 3. The van der Waals surface area contributed by atoms with Crippen LogP contribution in [0.2, 0.25) is 0 Å². The number of nitrogens with one attached hydrogen (secondary N) is 2. The Bertz CT molecular complexity index is 644. The van der Waals surface area contributed by atoms with E-state index in [0.29, 0.717) is 38.4 Å². The Kier molecular flexibility index (Phi) is 7.46. The summed E-state index contributed by atoms with van der Waals surface area (Å²) >= 11 is 0. The zero-order valence-corrected chi connectivity index (χ0v) is 15.3. The second-order valence-corrected chi connectivity index (χ2v) is 6.44. The lowest BCUT2D eigenvalue weighted by molar-refractivity contribution is -0.137. The van der Waals surface area contributed by atoms with E-state index in [1.807, 2.05) is 16.7 Å². The maximum absolute atomic E-state index is 12.8. The van der Waals surface area contributed by atoms with Gasteiger partial charge in [-0.05, 0) is 24.6 Å². The monoisotopic (exact) mass is 386 g/mol. The lowest BCUT2D eigenvalue weighted by Crippen LogP contribution is -2.50. The van der Waals surface area contributed by atoms with E-state index in [9.17, 15) is 22.8 Å². The molecule has 0 spiro atoms. The van der Waals surface area contributed by atoms with Gasteiger partial charge < -0.3 is 15.5 Å². The van der Waals surface area contributed by atoms with Gasteiger partial charge in [0.05, 0.1) is 18.7 Å². The maximum atomic E-state index is 12.8. The van der Waals surface area contributed by atoms with Crippen LogP contribution >= 0.6 is 0 Å². The third kappa shape index (κ3) is 6.74. The number of hydrogen-bond acceptors (Lipinski definition) is 4. The molecule has 1 aliphatic heterocycles. The molecule has 2 N–H and O–H groups in total. The van der Waals surface area contributed by atoms with Crippen LogP contribution in [0.3, 0.4) is 0 Å². The van der Waals surface area contributed by atoms with Gasteiger partial charge >= 0.3 is 6.18 Å². The molecule has 1 aliphatic rings. The number of hydrogen-bond donors (Lipinski definition) is 2. The predicted molar refractivity (Wildman–Crippen MR) is 96.4 cm³/mol. The minimum absolute atomic E-state index is 0.0525. The van der Waals surface area contributed by atoms with Crippen molar-refractivity contribution < 1.29 is 22.8 Å². The standard InChI is InChI=1S/C18H25F3N4O2/c1-2-6-22-16(26)12-23-17(27)13-24-7-9-25(10-8-24)15-5-3-4-14(11-15)18(19,20)21/h3-5,11H,2,6-10,12-13H2,1H3,(H,22,26)(H,23,27). The van der Waals surface area contributed by atoms with E-state index < -0.39 is 11.7 Å². The van der Waals surface area contributed by atoms with Gasteiger partial charge in [0.15, 0.2) is 0 Å². The first-order valence-corrected chi connectivity index (χ1v) is 8.97. The number of anilines is 1. The second-order valence-electron chi connectivity index (χ2n) is 6.44. The van der Waals surface area contributed by atoms with Crippen LogP contribution in [0.5, 0.6) is 0 Å². The topological polar surface area (TPSA) is 64.7 Å². The number of nitrogens with zero attached hydrogens (tertiary/aromatic N) is 2. The molecule has 1 fully saturated rings. The highest BCUT2D eigenvalue weighted by atomic mass is 19.4. The van der Waals surface area contributed by atoms with Crippen LogP contribution in [-0.4, -0.2) is 62.5 Å². The van der Waals surface area contributed by atoms with Crippen molar-refractivity contribution >= 4 is 17.5 Å². The number of amides is 2. The van der Waals surface area contributed by atoms with Gasteiger partial charge in [0.1, 0.15) is 0 Å². The van der Waals surface area contributed by atoms with Crippen LogP contribution in [0.4, 0.5) is 18.9 Å². The molecule has 150 valence electrons. The van der Waals surface area contributed by atoms with E-state index in [2.05, 4.69) is 10.6 Å². The fourth-order valence-electron chi connectivity index (χ4n) is 2.81. The highest BCUT2D eigenvalue weighted by Gasteiger charge is 2.31. The van der Waals surface area contributed by atoms with Crippen molar-refractivity contribution in [3.05, 3.63) is 29.8 Å². The van der Waals surface area contributed by atoms with E-state index in [1.165, 1.54) is 6.07 Å². The van der Waals surface area contributed by atoms with E-state index in [4.69, 9.17) is 0 Å². The summed E-state index contributed by atoms with van der Waals surface area (Å²) in [5.41, 5.74) is -0.135. The fourth-order valence-corrected chi connectivity index (χ4v) is 2.81. The molecule has 1 aromatic carbocycles. The molecule has 6 nitrogen and oxygen atoms in total. The van der Waals surface area contributed by atoms with Crippen LogP contribution in [0, 0.1) is 0 Å². The maximum Gasteiger partial charge on any atom is 0.416 e. The van der Waals surface area contributed by atoms with Crippen molar-refractivity contribution in [2.75, 3.05) is 50.7 Å². The molecule has 0 aromatic heterocycles. The highest BCUT2D eigenvalue weighted by molar-refractivity contribution is 5.85. The van der Waals surface area contributed by atoms with Crippen LogP contribution in [0.25, 0.3) is 0 Å². The zero-order chi connectivity index (χ0) is 19.9. The van der Waals surface area contributed by atoms with Crippen molar-refractivity contribution in [2.45, 2.75) is 19.5 Å². The molecular weight excluding hydrogens is 361 g/mol. The fraction of sp³-hybridized carbons (Fsp3) is 0.556. The molecule has 0 aliphatic carbocycles. The smallest absolute Gasteiger partial charge is 0.369 e. The molecule has 0 saturated carbocycles. The summed E-state index contributed by atoms with van der Waals surface area (Å²) in [6, 6.07) is 5.27. The number of carbonyl (C=O) groups is 2. The van der Waals surface area contributed by atoms with Crippen molar-refractivity contribution in [3.8, 4) is 0 Å². The number of piperazine rings is 1. The highest BCUT2D eigenvalue weighted by Crippen LogP contribution is 2.31. The average Bonchev–Trinajstić information content (AvgIpc) is 2.65. The summed E-state index contributed by atoms with van der Waals surface area (Å²) in [5, 5.41) is 5.25. The number of halogens is 3. The van der Waals surface area contributed by atoms with E-state index >= 15 is 0 Å². The SMILES string of the molecule is CCCNC(=O)CNC(=O)CN1CCN(c2cccc(C(F)(F)F)c2)CC1. The lowest BCUT2D eigenvalue weighted by Gasteiger charge is -2.36. The first-order chi connectivity index (χ1) is 12.8. The Hall–Kier alpha value is -2.29. The van der Waals surface area contributed by atoms with Gasteiger partial charge in [-0.2, -0.15) is 13.2 Å². The molecule has 9 heteroatoms. The normalized spacial score (nSPS) is 15.5. The molecule has 0 unspecified atom stereocenters. The van der Waals surface area contributed by atoms with Crippen molar-refractivity contribution in [2.24, 2.45) is 0 Å². The van der Waals surface area contributed by atoms with Gasteiger partial charge in [-0.25, -0.2) is 0 Å². The predicted octanol–water partition coefficient (Wildman–Crippen LogP) is 1.47. The van der Waals surface area contributed by atoms with Crippen LogP contribution in [0.1, 0.15) is 18.9 Å². The van der Waals surface area contributed by atoms with Gasteiger partial charge in [0.25, 0.3) is 0 Å². The van der Waals surface area contributed by atoms with Gasteiger partial charge in [-0.1, -0.05) is 13.0 Å². The number of carbonyl (C=O) groups excluding carboxylic acids is 2. The summed E-state index contributed by atoms with van der Waals surface area (Å²) in [6.45, 7) is 4.82. The van der Waals surface area contributed by atoms with Gasteiger partial charge in [0, 0.05) is 38.4 Å². The number of rotatable bonds is 7. The Morgan fingerprint density at radius 3 is 2.41 bits per heavy atom. The molecule has 27 heavy (non-hydrogen) atoms. The summed E-state index contributed by atoms with van der Waals surface area (Å²) in [7, 11) is 0. The molecule has 2 rings (SSSR count). The van der Waals surface area contributed by atoms with Crippen molar-refractivity contribution in [3.63, 3.8) is 0 Å². The third-order valence-electron chi connectivity index (χ3n) is 4.30. The Labute approximate surface area is 156 Å². The Balaban J connectivity index is 1.77. The van der Waals surface area contributed by atoms with Crippen molar-refractivity contribution in [1.82, 2.24) is 15.5 Å². The van der Waals surface area contributed by atoms with Gasteiger partial charge in [-0.15, -0.1) is 0 Å². The molecule has 1 heterocycles. The average molecular weight is 386 g/mol.